The first kappa shape index (κ1) is 19.8. The zero-order chi connectivity index (χ0) is 20.2. The molecule has 2 aliphatic rings. The summed E-state index contributed by atoms with van der Waals surface area (Å²) in [7, 11) is 1.61. The third-order valence-electron chi connectivity index (χ3n) is 6.30. The fraction of sp³-hybridized carbons (Fsp3) is 0.458. The topological polar surface area (TPSA) is 53.6 Å². The Hall–Kier alpha value is -2.53. The summed E-state index contributed by atoms with van der Waals surface area (Å²) in [5, 5.41) is 6.15. The third-order valence-corrected chi connectivity index (χ3v) is 6.30. The third kappa shape index (κ3) is 4.73. The average molecular weight is 394 g/mol. The molecule has 0 aromatic heterocycles. The summed E-state index contributed by atoms with van der Waals surface area (Å²) in [4.78, 5) is 15.3. The fourth-order valence-corrected chi connectivity index (χ4v) is 4.85. The van der Waals surface area contributed by atoms with Crippen LogP contribution in [0.5, 0.6) is 5.75 Å². The highest BCUT2D eigenvalue weighted by Gasteiger charge is 2.38. The van der Waals surface area contributed by atoms with E-state index in [0.29, 0.717) is 23.5 Å². The minimum Gasteiger partial charge on any atom is -0.495 e. The molecule has 0 radical (unpaired) electrons. The van der Waals surface area contributed by atoms with Gasteiger partial charge < -0.3 is 15.4 Å². The van der Waals surface area contributed by atoms with Crippen molar-refractivity contribution in [2.45, 2.75) is 63.7 Å². The van der Waals surface area contributed by atoms with Crippen LogP contribution in [-0.2, 0) is 6.54 Å². The van der Waals surface area contributed by atoms with Crippen molar-refractivity contribution in [2.75, 3.05) is 12.4 Å². The Balaban J connectivity index is 1.36. The van der Waals surface area contributed by atoms with Gasteiger partial charge in [0.15, 0.2) is 0 Å². The van der Waals surface area contributed by atoms with Gasteiger partial charge in [-0.2, -0.15) is 0 Å². The number of carbonyl (C=O) groups is 1. The molecule has 2 aliphatic heterocycles. The number of anilines is 1. The maximum absolute atomic E-state index is 12.6. The molecule has 2 aromatic rings. The van der Waals surface area contributed by atoms with Crippen LogP contribution in [0.2, 0.25) is 0 Å². The summed E-state index contributed by atoms with van der Waals surface area (Å²) < 4.78 is 5.33. The van der Waals surface area contributed by atoms with Gasteiger partial charge in [-0.3, -0.25) is 4.90 Å². The van der Waals surface area contributed by atoms with E-state index < -0.39 is 0 Å². The van der Waals surface area contributed by atoms with E-state index in [1.165, 1.54) is 30.4 Å². The molecule has 0 aliphatic carbocycles. The largest absolute Gasteiger partial charge is 0.495 e. The quantitative estimate of drug-likeness (QED) is 0.773. The number of benzene rings is 2. The van der Waals surface area contributed by atoms with E-state index in [1.54, 1.807) is 7.11 Å². The molecule has 2 heterocycles. The van der Waals surface area contributed by atoms with Crippen LogP contribution in [-0.4, -0.2) is 36.2 Å². The van der Waals surface area contributed by atoms with Crippen molar-refractivity contribution in [3.05, 3.63) is 59.7 Å². The van der Waals surface area contributed by atoms with Gasteiger partial charge in [0, 0.05) is 24.7 Å². The smallest absolute Gasteiger partial charge is 0.319 e. The number of amides is 2. The number of nitrogens with one attached hydrogen (secondary N) is 2. The number of rotatable bonds is 5. The number of urea groups is 1. The van der Waals surface area contributed by atoms with Crippen molar-refractivity contribution in [1.82, 2.24) is 10.2 Å². The van der Waals surface area contributed by atoms with Crippen LogP contribution in [0.25, 0.3) is 0 Å². The zero-order valence-corrected chi connectivity index (χ0v) is 17.4. The van der Waals surface area contributed by atoms with E-state index in [-0.39, 0.29) is 12.1 Å². The van der Waals surface area contributed by atoms with Crippen LogP contribution in [0.1, 0.15) is 43.2 Å². The molecule has 0 saturated carbocycles. The molecule has 2 N–H and O–H groups in total. The number of fused-ring (bicyclic) bond motifs is 2. The second-order valence-corrected chi connectivity index (χ2v) is 8.36. The Bertz CT molecular complexity index is 822. The van der Waals surface area contributed by atoms with E-state index in [9.17, 15) is 4.79 Å². The maximum atomic E-state index is 12.6. The van der Waals surface area contributed by atoms with Gasteiger partial charge in [-0.15, -0.1) is 0 Å². The number of methoxy groups -OCH3 is 1. The van der Waals surface area contributed by atoms with Gasteiger partial charge in [0.2, 0.25) is 0 Å². The standard InChI is InChI=1S/C24H31N3O2/c1-17-10-12-18(13-11-17)16-27-20-6-5-7-21(27)15-19(14-20)25-24(28)26-22-8-3-4-9-23(22)29-2/h3-4,8-13,19-21H,5-7,14-16H2,1-2H3,(H2,25,26,28)/t20-,21-/m1/s1. The maximum Gasteiger partial charge on any atom is 0.319 e. The van der Waals surface area contributed by atoms with E-state index in [2.05, 4.69) is 46.7 Å². The van der Waals surface area contributed by atoms with E-state index >= 15 is 0 Å². The molecule has 2 amide bonds. The minimum absolute atomic E-state index is 0.149. The monoisotopic (exact) mass is 393 g/mol. The Morgan fingerprint density at radius 1 is 1.07 bits per heavy atom. The zero-order valence-electron chi connectivity index (χ0n) is 17.4. The summed E-state index contributed by atoms with van der Waals surface area (Å²) in [6.45, 7) is 3.14. The van der Waals surface area contributed by atoms with Crippen LogP contribution < -0.4 is 15.4 Å². The predicted octanol–water partition coefficient (Wildman–Crippen LogP) is 4.71. The second kappa shape index (κ2) is 8.87. The number of carbonyl (C=O) groups excluding carboxylic acids is 1. The number of para-hydroxylation sites is 2. The van der Waals surface area contributed by atoms with Crippen molar-refractivity contribution in [3.63, 3.8) is 0 Å². The highest BCUT2D eigenvalue weighted by atomic mass is 16.5. The molecule has 2 saturated heterocycles. The van der Waals surface area contributed by atoms with Gasteiger partial charge in [0.1, 0.15) is 5.75 Å². The Labute approximate surface area is 173 Å². The van der Waals surface area contributed by atoms with E-state index in [0.717, 1.165) is 19.4 Å². The molecule has 4 rings (SSSR count). The first-order valence-corrected chi connectivity index (χ1v) is 10.6. The lowest BCUT2D eigenvalue weighted by atomic mass is 9.81. The van der Waals surface area contributed by atoms with Crippen LogP contribution in [0.3, 0.4) is 0 Å². The van der Waals surface area contributed by atoms with Crippen molar-refractivity contribution in [1.29, 1.82) is 0 Å². The van der Waals surface area contributed by atoms with Crippen LogP contribution >= 0.6 is 0 Å². The van der Waals surface area contributed by atoms with E-state index in [4.69, 9.17) is 4.74 Å². The van der Waals surface area contributed by atoms with Gasteiger partial charge in [-0.1, -0.05) is 48.4 Å². The van der Waals surface area contributed by atoms with Crippen LogP contribution in [0, 0.1) is 6.92 Å². The normalized spacial score (nSPS) is 24.0. The highest BCUT2D eigenvalue weighted by Crippen LogP contribution is 2.35. The lowest BCUT2D eigenvalue weighted by Crippen LogP contribution is -2.56. The van der Waals surface area contributed by atoms with Gasteiger partial charge in [0.25, 0.3) is 0 Å². The summed E-state index contributed by atoms with van der Waals surface area (Å²) >= 11 is 0. The number of nitrogens with zero attached hydrogens (tertiary/aromatic N) is 1. The molecule has 0 unspecified atom stereocenters. The van der Waals surface area contributed by atoms with Crippen LogP contribution in [0.4, 0.5) is 10.5 Å². The fourth-order valence-electron chi connectivity index (χ4n) is 4.85. The molecule has 154 valence electrons. The molecule has 2 fully saturated rings. The summed E-state index contributed by atoms with van der Waals surface area (Å²) in [5.74, 6) is 0.674. The molecular weight excluding hydrogens is 362 g/mol. The van der Waals surface area contributed by atoms with Gasteiger partial charge in [-0.05, 0) is 50.3 Å². The highest BCUT2D eigenvalue weighted by molar-refractivity contribution is 5.91. The van der Waals surface area contributed by atoms with Gasteiger partial charge in [-0.25, -0.2) is 4.79 Å². The van der Waals surface area contributed by atoms with Crippen molar-refractivity contribution in [2.24, 2.45) is 0 Å². The minimum atomic E-state index is -0.149. The molecule has 5 heteroatoms. The lowest BCUT2D eigenvalue weighted by molar-refractivity contribution is 0.0200. The Morgan fingerprint density at radius 2 is 1.76 bits per heavy atom. The Kier molecular flexibility index (Phi) is 6.05. The molecule has 2 atom stereocenters. The number of aryl methyl sites for hydroxylation is 1. The van der Waals surface area contributed by atoms with Crippen molar-refractivity contribution >= 4 is 11.7 Å². The van der Waals surface area contributed by atoms with E-state index in [1.807, 2.05) is 24.3 Å². The molecule has 5 nitrogen and oxygen atoms in total. The molecule has 29 heavy (non-hydrogen) atoms. The number of hydrogen-bond acceptors (Lipinski definition) is 3. The summed E-state index contributed by atoms with van der Waals surface area (Å²) in [6, 6.07) is 17.5. The molecule has 2 bridgehead atoms. The first-order chi connectivity index (χ1) is 14.1. The second-order valence-electron chi connectivity index (χ2n) is 8.36. The lowest BCUT2D eigenvalue weighted by Gasteiger charge is -2.49. The SMILES string of the molecule is COc1ccccc1NC(=O)NC1C[C@H]2CCC[C@H](C1)N2Cc1ccc(C)cc1. The summed E-state index contributed by atoms with van der Waals surface area (Å²) in [6.07, 6.45) is 5.76. The van der Waals surface area contributed by atoms with Crippen LogP contribution in [0.15, 0.2) is 48.5 Å². The van der Waals surface area contributed by atoms with Crippen molar-refractivity contribution < 1.29 is 9.53 Å². The Morgan fingerprint density at radius 3 is 2.45 bits per heavy atom. The molecule has 2 aromatic carbocycles. The predicted molar refractivity (Wildman–Crippen MR) is 116 cm³/mol. The van der Waals surface area contributed by atoms with Crippen molar-refractivity contribution in [3.8, 4) is 5.75 Å². The molecule has 0 spiro atoms. The van der Waals surface area contributed by atoms with Gasteiger partial charge in [0.05, 0.1) is 12.8 Å². The first-order valence-electron chi connectivity index (χ1n) is 10.6. The number of ether oxygens (including phenoxy) is 1. The average Bonchev–Trinajstić information content (AvgIpc) is 2.70. The molecular formula is C24H31N3O2. The van der Waals surface area contributed by atoms with Gasteiger partial charge >= 0.3 is 6.03 Å². The number of piperidine rings is 2. The number of hydrogen-bond donors (Lipinski definition) is 2. The summed E-state index contributed by atoms with van der Waals surface area (Å²) in [5.41, 5.74) is 3.38.